The van der Waals surface area contributed by atoms with E-state index < -0.39 is 4.92 Å². The largest absolute Gasteiger partial charge is 0.481 e. The summed E-state index contributed by atoms with van der Waals surface area (Å²) in [5.74, 6) is 1.12. The lowest BCUT2D eigenvalue weighted by atomic mass is 10.2. The highest BCUT2D eigenvalue weighted by Gasteiger charge is 2.17. The van der Waals surface area contributed by atoms with Gasteiger partial charge >= 0.3 is 5.69 Å². The molecular formula is C12H14N4O4. The molecule has 106 valence electrons. The Morgan fingerprint density at radius 2 is 2.20 bits per heavy atom. The molecule has 0 saturated heterocycles. The molecule has 8 nitrogen and oxygen atoms in total. The maximum atomic E-state index is 11.0. The number of aromatic nitrogens is 2. The Morgan fingerprint density at radius 1 is 1.45 bits per heavy atom. The highest BCUT2D eigenvalue weighted by atomic mass is 16.6. The normalized spacial score (nSPS) is 10.3. The molecule has 2 heterocycles. The van der Waals surface area contributed by atoms with Crippen LogP contribution in [0.5, 0.6) is 5.88 Å². The first-order valence-corrected chi connectivity index (χ1v) is 5.88. The van der Waals surface area contributed by atoms with Gasteiger partial charge in [0.25, 0.3) is 0 Å². The van der Waals surface area contributed by atoms with E-state index in [1.165, 1.54) is 19.2 Å². The number of nitrogens with zero attached hydrogens (tertiary/aromatic N) is 3. The number of nitrogens with one attached hydrogen (secondary N) is 1. The zero-order valence-electron chi connectivity index (χ0n) is 11.3. The summed E-state index contributed by atoms with van der Waals surface area (Å²) >= 11 is 0. The average Bonchev–Trinajstić information content (AvgIpc) is 2.75. The molecule has 0 spiro atoms. The minimum Gasteiger partial charge on any atom is -0.481 e. The van der Waals surface area contributed by atoms with Crippen LogP contribution in [0.2, 0.25) is 0 Å². The third-order valence-electron chi connectivity index (χ3n) is 2.87. The molecule has 2 rings (SSSR count). The molecule has 0 bridgehead atoms. The van der Waals surface area contributed by atoms with Crippen LogP contribution in [0.1, 0.15) is 17.0 Å². The number of anilines is 1. The fourth-order valence-electron chi connectivity index (χ4n) is 1.75. The van der Waals surface area contributed by atoms with E-state index >= 15 is 0 Å². The molecule has 2 aromatic heterocycles. The maximum Gasteiger partial charge on any atom is 0.311 e. The van der Waals surface area contributed by atoms with Crippen LogP contribution >= 0.6 is 0 Å². The second-order valence-corrected chi connectivity index (χ2v) is 4.13. The van der Waals surface area contributed by atoms with Crippen LogP contribution in [0.3, 0.4) is 0 Å². The van der Waals surface area contributed by atoms with E-state index in [-0.39, 0.29) is 11.5 Å². The molecule has 8 heteroatoms. The minimum absolute atomic E-state index is 0.113. The third kappa shape index (κ3) is 2.68. The SMILES string of the molecule is COc1ccc([N+](=O)[O-])c(NCc2c(C)noc2C)n1. The van der Waals surface area contributed by atoms with E-state index in [4.69, 9.17) is 9.26 Å². The van der Waals surface area contributed by atoms with E-state index in [0.29, 0.717) is 18.2 Å². The molecule has 0 fully saturated rings. The summed E-state index contributed by atoms with van der Waals surface area (Å²) in [5.41, 5.74) is 1.47. The van der Waals surface area contributed by atoms with Gasteiger partial charge in [-0.1, -0.05) is 5.16 Å². The van der Waals surface area contributed by atoms with Crippen LogP contribution in [-0.2, 0) is 6.54 Å². The fraction of sp³-hybridized carbons (Fsp3) is 0.333. The number of hydrogen-bond donors (Lipinski definition) is 1. The molecule has 0 unspecified atom stereocenters. The predicted octanol–water partition coefficient (Wildman–Crippen LogP) is 2.22. The van der Waals surface area contributed by atoms with Crippen LogP contribution in [0, 0.1) is 24.0 Å². The zero-order valence-corrected chi connectivity index (χ0v) is 11.3. The van der Waals surface area contributed by atoms with Gasteiger partial charge in [0.15, 0.2) is 0 Å². The van der Waals surface area contributed by atoms with Crippen molar-refractivity contribution in [1.29, 1.82) is 0 Å². The topological polar surface area (TPSA) is 103 Å². The van der Waals surface area contributed by atoms with Crippen molar-refractivity contribution in [3.63, 3.8) is 0 Å². The standard InChI is InChI=1S/C12H14N4O4/c1-7-9(8(2)20-15-7)6-13-12-10(16(17)18)4-5-11(14-12)19-3/h4-5H,6H2,1-3H3,(H,13,14). The fourth-order valence-corrected chi connectivity index (χ4v) is 1.75. The highest BCUT2D eigenvalue weighted by Crippen LogP contribution is 2.26. The highest BCUT2D eigenvalue weighted by molar-refractivity contribution is 5.57. The monoisotopic (exact) mass is 278 g/mol. The number of methoxy groups -OCH3 is 1. The van der Waals surface area contributed by atoms with Gasteiger partial charge in [-0.05, 0) is 13.8 Å². The quantitative estimate of drug-likeness (QED) is 0.660. The van der Waals surface area contributed by atoms with Crippen molar-refractivity contribution in [3.05, 3.63) is 39.3 Å². The first-order valence-electron chi connectivity index (χ1n) is 5.88. The summed E-state index contributed by atoms with van der Waals surface area (Å²) in [6, 6.07) is 2.79. The van der Waals surface area contributed by atoms with Crippen LogP contribution < -0.4 is 10.1 Å². The molecule has 0 saturated carbocycles. The van der Waals surface area contributed by atoms with Crippen molar-refractivity contribution in [2.45, 2.75) is 20.4 Å². The predicted molar refractivity (Wildman–Crippen MR) is 70.7 cm³/mol. The summed E-state index contributed by atoms with van der Waals surface area (Å²) in [5, 5.41) is 17.7. The van der Waals surface area contributed by atoms with Gasteiger partial charge in [0.05, 0.1) is 17.7 Å². The van der Waals surface area contributed by atoms with Gasteiger partial charge in [-0.25, -0.2) is 0 Å². The summed E-state index contributed by atoms with van der Waals surface area (Å²) in [7, 11) is 1.45. The van der Waals surface area contributed by atoms with Gasteiger partial charge in [-0.15, -0.1) is 0 Å². The smallest absolute Gasteiger partial charge is 0.311 e. The second-order valence-electron chi connectivity index (χ2n) is 4.13. The number of pyridine rings is 1. The van der Waals surface area contributed by atoms with E-state index in [1.54, 1.807) is 13.8 Å². The number of hydrogen-bond acceptors (Lipinski definition) is 7. The van der Waals surface area contributed by atoms with Crippen LogP contribution in [0.15, 0.2) is 16.7 Å². The maximum absolute atomic E-state index is 11.0. The van der Waals surface area contributed by atoms with E-state index in [9.17, 15) is 10.1 Å². The third-order valence-corrected chi connectivity index (χ3v) is 2.87. The molecule has 1 N–H and O–H groups in total. The van der Waals surface area contributed by atoms with E-state index in [2.05, 4.69) is 15.5 Å². The zero-order chi connectivity index (χ0) is 14.7. The van der Waals surface area contributed by atoms with Crippen molar-refractivity contribution in [2.24, 2.45) is 0 Å². The van der Waals surface area contributed by atoms with Crippen LogP contribution in [-0.4, -0.2) is 22.2 Å². The Kier molecular flexibility index (Phi) is 3.83. The van der Waals surface area contributed by atoms with Gasteiger partial charge in [-0.2, -0.15) is 4.98 Å². The summed E-state index contributed by atoms with van der Waals surface area (Å²) < 4.78 is 10.0. The molecule has 0 aromatic carbocycles. The van der Waals surface area contributed by atoms with Gasteiger partial charge in [-0.3, -0.25) is 10.1 Å². The molecule has 0 aliphatic carbocycles. The Hall–Kier alpha value is -2.64. The number of nitro groups is 1. The van der Waals surface area contributed by atoms with Crippen molar-refractivity contribution in [3.8, 4) is 5.88 Å². The first-order chi connectivity index (χ1) is 9.52. The molecule has 0 aliphatic rings. The van der Waals surface area contributed by atoms with Gasteiger partial charge in [0.2, 0.25) is 11.7 Å². The molecule has 0 aliphatic heterocycles. The van der Waals surface area contributed by atoms with E-state index in [1.807, 2.05) is 0 Å². The Labute approximate surface area is 114 Å². The number of aryl methyl sites for hydroxylation is 2. The summed E-state index contributed by atoms with van der Waals surface area (Å²) in [6.45, 7) is 3.92. The molecular weight excluding hydrogens is 264 g/mol. The van der Waals surface area contributed by atoms with Crippen LogP contribution in [0.25, 0.3) is 0 Å². The Balaban J connectivity index is 2.26. The van der Waals surface area contributed by atoms with Crippen molar-refractivity contribution >= 4 is 11.5 Å². The lowest BCUT2D eigenvalue weighted by molar-refractivity contribution is -0.384. The molecule has 0 atom stereocenters. The van der Waals surface area contributed by atoms with Gasteiger partial charge in [0.1, 0.15) is 5.76 Å². The Morgan fingerprint density at radius 3 is 2.75 bits per heavy atom. The van der Waals surface area contributed by atoms with Crippen molar-refractivity contribution in [2.75, 3.05) is 12.4 Å². The number of ether oxygens (including phenoxy) is 1. The molecule has 2 aromatic rings. The number of rotatable bonds is 5. The van der Waals surface area contributed by atoms with Crippen molar-refractivity contribution in [1.82, 2.24) is 10.1 Å². The molecule has 0 amide bonds. The Bertz CT molecular complexity index is 619. The average molecular weight is 278 g/mol. The summed E-state index contributed by atoms with van der Waals surface area (Å²) in [6.07, 6.45) is 0. The minimum atomic E-state index is -0.498. The second kappa shape index (κ2) is 5.55. The lowest BCUT2D eigenvalue weighted by Crippen LogP contribution is -2.06. The van der Waals surface area contributed by atoms with Crippen molar-refractivity contribution < 1.29 is 14.2 Å². The summed E-state index contributed by atoms with van der Waals surface area (Å²) in [4.78, 5) is 14.5. The lowest BCUT2D eigenvalue weighted by Gasteiger charge is -2.07. The van der Waals surface area contributed by atoms with Crippen LogP contribution in [0.4, 0.5) is 11.5 Å². The molecule has 20 heavy (non-hydrogen) atoms. The van der Waals surface area contributed by atoms with Gasteiger partial charge < -0.3 is 14.6 Å². The molecule has 0 radical (unpaired) electrons. The van der Waals surface area contributed by atoms with Gasteiger partial charge in [0, 0.05) is 24.2 Å². The van der Waals surface area contributed by atoms with E-state index in [0.717, 1.165) is 11.3 Å². The first kappa shape index (κ1) is 13.8.